The maximum Gasteiger partial charge on any atom is 0.243 e. The number of nitrogens with zero attached hydrogens (tertiary/aromatic N) is 4. The molecule has 184 valence electrons. The topological polar surface area (TPSA) is 89.5 Å². The number of carbonyl (C=O) groups excluding carboxylic acids is 1. The lowest BCUT2D eigenvalue weighted by Gasteiger charge is -2.17. The third kappa shape index (κ3) is 6.22. The average molecular weight is 484 g/mol. The summed E-state index contributed by atoms with van der Waals surface area (Å²) < 4.78 is 5.98. The van der Waals surface area contributed by atoms with E-state index >= 15 is 0 Å². The van der Waals surface area contributed by atoms with Gasteiger partial charge in [-0.15, -0.1) is 0 Å². The molecule has 0 bridgehead atoms. The van der Waals surface area contributed by atoms with Gasteiger partial charge in [-0.05, 0) is 74.4 Å². The van der Waals surface area contributed by atoms with Crippen LogP contribution in [0.1, 0.15) is 30.7 Å². The molecule has 8 nitrogen and oxygen atoms in total. The van der Waals surface area contributed by atoms with Crippen LogP contribution in [0.15, 0.2) is 67.1 Å². The van der Waals surface area contributed by atoms with Crippen molar-refractivity contribution in [3.63, 3.8) is 0 Å². The lowest BCUT2D eigenvalue weighted by molar-refractivity contribution is -0.178. The minimum absolute atomic E-state index is 0.137. The number of carbonyl (C=O) groups is 1. The minimum Gasteiger partial charge on any atom is -0.455 e. The first-order chi connectivity index (χ1) is 17.4. The number of fused-ring (bicyclic) bond motifs is 1. The molecular weight excluding hydrogens is 454 g/mol. The van der Waals surface area contributed by atoms with Crippen molar-refractivity contribution in [3.05, 3.63) is 84.0 Å². The van der Waals surface area contributed by atoms with Crippen molar-refractivity contribution < 1.29 is 14.4 Å². The van der Waals surface area contributed by atoms with Crippen molar-refractivity contribution in [1.29, 1.82) is 0 Å². The Labute approximate surface area is 210 Å². The molecule has 0 atom stereocenters. The van der Waals surface area contributed by atoms with E-state index in [0.29, 0.717) is 24.7 Å². The molecular formula is C28H29N5O3. The largest absolute Gasteiger partial charge is 0.455 e. The molecule has 0 spiro atoms. The first-order valence-electron chi connectivity index (χ1n) is 11.7. The zero-order valence-electron chi connectivity index (χ0n) is 20.9. The summed E-state index contributed by atoms with van der Waals surface area (Å²) in [6.45, 7) is 8.07. The molecule has 1 amide bonds. The normalized spacial score (nSPS) is 11.1. The fourth-order valence-electron chi connectivity index (χ4n) is 3.61. The van der Waals surface area contributed by atoms with Crippen LogP contribution in [0.3, 0.4) is 0 Å². The summed E-state index contributed by atoms with van der Waals surface area (Å²) in [5.41, 5.74) is 4.60. The maximum absolute atomic E-state index is 11.6. The van der Waals surface area contributed by atoms with Gasteiger partial charge in [0.15, 0.2) is 0 Å². The lowest BCUT2D eigenvalue weighted by Crippen LogP contribution is -2.28. The highest BCUT2D eigenvalue weighted by atomic mass is 16.7. The highest BCUT2D eigenvalue weighted by Crippen LogP contribution is 2.30. The van der Waals surface area contributed by atoms with Crippen molar-refractivity contribution in [2.24, 2.45) is 0 Å². The molecule has 4 aromatic rings. The van der Waals surface area contributed by atoms with Gasteiger partial charge in [0.1, 0.15) is 23.6 Å². The number of anilines is 2. The Morgan fingerprint density at radius 3 is 2.64 bits per heavy atom. The summed E-state index contributed by atoms with van der Waals surface area (Å²) in [5, 5.41) is 5.62. The number of pyridine rings is 1. The minimum atomic E-state index is -0.137. The van der Waals surface area contributed by atoms with Gasteiger partial charge in [-0.25, -0.2) is 15.0 Å². The second-order valence-corrected chi connectivity index (χ2v) is 8.24. The molecule has 2 heterocycles. The van der Waals surface area contributed by atoms with Crippen LogP contribution in [0, 0.1) is 13.8 Å². The Hall–Kier alpha value is -4.30. The highest BCUT2D eigenvalue weighted by molar-refractivity contribution is 5.92. The van der Waals surface area contributed by atoms with Crippen LogP contribution in [-0.4, -0.2) is 39.1 Å². The van der Waals surface area contributed by atoms with Gasteiger partial charge in [-0.1, -0.05) is 18.2 Å². The first-order valence-corrected chi connectivity index (χ1v) is 11.7. The predicted molar refractivity (Wildman–Crippen MR) is 141 cm³/mol. The summed E-state index contributed by atoms with van der Waals surface area (Å²) in [7, 11) is 0. The van der Waals surface area contributed by atoms with Gasteiger partial charge < -0.3 is 10.1 Å². The number of aryl methyl sites for hydroxylation is 2. The molecule has 8 heteroatoms. The van der Waals surface area contributed by atoms with Crippen LogP contribution in [0.2, 0.25) is 0 Å². The van der Waals surface area contributed by atoms with E-state index in [2.05, 4.69) is 20.3 Å². The van der Waals surface area contributed by atoms with E-state index in [-0.39, 0.29) is 5.91 Å². The predicted octanol–water partition coefficient (Wildman–Crippen LogP) is 5.99. The van der Waals surface area contributed by atoms with Crippen LogP contribution in [0.4, 0.5) is 11.5 Å². The summed E-state index contributed by atoms with van der Waals surface area (Å²) in [6, 6.07) is 15.7. The lowest BCUT2D eigenvalue weighted by atomic mass is 10.1. The number of aromatic nitrogens is 3. The molecule has 0 saturated carbocycles. The van der Waals surface area contributed by atoms with Gasteiger partial charge in [0.25, 0.3) is 0 Å². The van der Waals surface area contributed by atoms with Crippen molar-refractivity contribution in [2.45, 2.75) is 27.7 Å². The Bertz CT molecular complexity index is 1390. The summed E-state index contributed by atoms with van der Waals surface area (Å²) in [6.07, 6.45) is 7.10. The van der Waals surface area contributed by atoms with E-state index in [9.17, 15) is 4.79 Å². The summed E-state index contributed by atoms with van der Waals surface area (Å²) in [4.78, 5) is 30.1. The summed E-state index contributed by atoms with van der Waals surface area (Å²) >= 11 is 0. The van der Waals surface area contributed by atoms with Gasteiger partial charge in [0.05, 0.1) is 24.9 Å². The molecule has 36 heavy (non-hydrogen) atoms. The van der Waals surface area contributed by atoms with Crippen molar-refractivity contribution in [2.75, 3.05) is 18.5 Å². The van der Waals surface area contributed by atoms with Crippen LogP contribution < -0.4 is 10.1 Å². The van der Waals surface area contributed by atoms with E-state index < -0.39 is 0 Å². The molecule has 0 aliphatic carbocycles. The number of benzene rings is 2. The van der Waals surface area contributed by atoms with Gasteiger partial charge in [-0.3, -0.25) is 14.6 Å². The molecule has 0 unspecified atom stereocenters. The molecule has 0 fully saturated rings. The Morgan fingerprint density at radius 1 is 1.06 bits per heavy atom. The van der Waals surface area contributed by atoms with Crippen LogP contribution >= 0.6 is 0 Å². The van der Waals surface area contributed by atoms with Crippen LogP contribution in [-0.2, 0) is 9.63 Å². The first kappa shape index (κ1) is 24.8. The van der Waals surface area contributed by atoms with Crippen molar-refractivity contribution in [3.8, 4) is 11.5 Å². The Balaban J connectivity index is 1.52. The second kappa shape index (κ2) is 11.4. The monoisotopic (exact) mass is 483 g/mol. The number of hydrogen-bond donors (Lipinski definition) is 1. The van der Waals surface area contributed by atoms with E-state index in [1.54, 1.807) is 12.5 Å². The van der Waals surface area contributed by atoms with E-state index in [0.717, 1.165) is 39.2 Å². The second-order valence-electron chi connectivity index (χ2n) is 8.24. The van der Waals surface area contributed by atoms with Gasteiger partial charge >= 0.3 is 0 Å². The SMILES string of the molecule is CCON(CC=Cc1ccc2ncnc(Nc3ccc(Oc4ccc(C)nc4)c(C)c3)c2c1)C(C)=O. The summed E-state index contributed by atoms with van der Waals surface area (Å²) in [5.74, 6) is 2.02. The van der Waals surface area contributed by atoms with Crippen LogP contribution in [0.5, 0.6) is 11.5 Å². The smallest absolute Gasteiger partial charge is 0.243 e. The van der Waals surface area contributed by atoms with E-state index in [4.69, 9.17) is 9.57 Å². The van der Waals surface area contributed by atoms with Gasteiger partial charge in [0, 0.05) is 23.7 Å². The Kier molecular flexibility index (Phi) is 7.87. The van der Waals surface area contributed by atoms with Crippen molar-refractivity contribution in [1.82, 2.24) is 20.0 Å². The molecule has 4 rings (SSSR count). The average Bonchev–Trinajstić information content (AvgIpc) is 2.86. The molecule has 2 aromatic heterocycles. The molecule has 0 radical (unpaired) electrons. The zero-order valence-corrected chi connectivity index (χ0v) is 20.9. The highest BCUT2D eigenvalue weighted by Gasteiger charge is 2.09. The number of ether oxygens (including phenoxy) is 1. The van der Waals surface area contributed by atoms with E-state index in [1.807, 2.05) is 81.5 Å². The standard InChI is InChI=1S/C28H29N5O3/c1-5-35-33(21(4)34)14-6-7-22-9-12-26-25(16-22)28(31-18-30-26)32-23-10-13-27(19(2)15-23)36-24-11-8-20(3)29-17-24/h6-13,15-18H,5,14H2,1-4H3,(H,30,31,32). The number of rotatable bonds is 9. The third-order valence-corrected chi connectivity index (χ3v) is 5.43. The van der Waals surface area contributed by atoms with Crippen LogP contribution in [0.25, 0.3) is 17.0 Å². The molecule has 1 N–H and O–H groups in total. The number of nitrogens with one attached hydrogen (secondary N) is 1. The fourth-order valence-corrected chi connectivity index (χ4v) is 3.61. The molecule has 0 aliphatic rings. The quantitative estimate of drug-likeness (QED) is 0.292. The third-order valence-electron chi connectivity index (χ3n) is 5.43. The molecule has 0 saturated heterocycles. The van der Waals surface area contributed by atoms with E-state index in [1.165, 1.54) is 12.0 Å². The zero-order chi connectivity index (χ0) is 25.5. The number of amides is 1. The molecule has 2 aromatic carbocycles. The number of hydroxylamine groups is 2. The van der Waals surface area contributed by atoms with Crippen molar-refractivity contribution >= 4 is 34.4 Å². The van der Waals surface area contributed by atoms with Gasteiger partial charge in [-0.2, -0.15) is 0 Å². The van der Waals surface area contributed by atoms with Gasteiger partial charge in [0.2, 0.25) is 5.91 Å². The molecule has 0 aliphatic heterocycles. The maximum atomic E-state index is 11.6. The Morgan fingerprint density at radius 2 is 1.92 bits per heavy atom. The fraction of sp³-hybridized carbons (Fsp3) is 0.214. The number of hydrogen-bond acceptors (Lipinski definition) is 7.